The maximum atomic E-state index is 11.4. The Bertz CT molecular complexity index is 385. The van der Waals surface area contributed by atoms with E-state index >= 15 is 0 Å². The zero-order chi connectivity index (χ0) is 13.4. The second kappa shape index (κ2) is 7.37. The highest BCUT2D eigenvalue weighted by molar-refractivity contribution is 5.84. The van der Waals surface area contributed by atoms with Gasteiger partial charge in [0.1, 0.15) is 12.3 Å². The molecule has 0 aromatic carbocycles. The SMILES string of the molecule is CCNC(=NCC(=O)N(C)C)NCc1ccco1. The Morgan fingerprint density at radius 3 is 2.78 bits per heavy atom. The van der Waals surface area contributed by atoms with Gasteiger partial charge >= 0.3 is 0 Å². The second-order valence-electron chi connectivity index (χ2n) is 3.92. The first-order chi connectivity index (χ1) is 8.63. The second-order valence-corrected chi connectivity index (χ2v) is 3.92. The first-order valence-electron chi connectivity index (χ1n) is 5.88. The summed E-state index contributed by atoms with van der Waals surface area (Å²) in [6, 6.07) is 3.71. The van der Waals surface area contributed by atoms with E-state index in [9.17, 15) is 4.79 Å². The summed E-state index contributed by atoms with van der Waals surface area (Å²) >= 11 is 0. The molecule has 100 valence electrons. The van der Waals surface area contributed by atoms with E-state index in [0.29, 0.717) is 12.5 Å². The number of nitrogens with zero attached hydrogens (tertiary/aromatic N) is 2. The van der Waals surface area contributed by atoms with E-state index in [1.807, 2.05) is 19.1 Å². The number of hydrogen-bond donors (Lipinski definition) is 2. The van der Waals surface area contributed by atoms with E-state index in [1.54, 1.807) is 20.4 Å². The molecule has 0 aliphatic carbocycles. The van der Waals surface area contributed by atoms with Crippen LogP contribution in [-0.2, 0) is 11.3 Å². The lowest BCUT2D eigenvalue weighted by Crippen LogP contribution is -2.38. The number of aliphatic imine (C=N–C) groups is 1. The topological polar surface area (TPSA) is 69.9 Å². The van der Waals surface area contributed by atoms with Gasteiger partial charge in [-0.25, -0.2) is 4.99 Å². The summed E-state index contributed by atoms with van der Waals surface area (Å²) in [5, 5.41) is 6.16. The summed E-state index contributed by atoms with van der Waals surface area (Å²) in [6.45, 7) is 3.37. The van der Waals surface area contributed by atoms with Crippen LogP contribution in [0.2, 0.25) is 0 Å². The highest BCUT2D eigenvalue weighted by atomic mass is 16.3. The molecule has 0 spiro atoms. The van der Waals surface area contributed by atoms with Crippen molar-refractivity contribution >= 4 is 11.9 Å². The molecule has 2 N–H and O–H groups in total. The van der Waals surface area contributed by atoms with Gasteiger partial charge in [-0.1, -0.05) is 0 Å². The smallest absolute Gasteiger partial charge is 0.243 e. The van der Waals surface area contributed by atoms with Gasteiger partial charge < -0.3 is 20.0 Å². The Labute approximate surface area is 107 Å². The number of amides is 1. The molecule has 0 saturated heterocycles. The molecule has 0 radical (unpaired) electrons. The van der Waals surface area contributed by atoms with Gasteiger partial charge in [0.2, 0.25) is 5.91 Å². The summed E-state index contributed by atoms with van der Waals surface area (Å²) in [7, 11) is 3.42. The van der Waals surface area contributed by atoms with Crippen LogP contribution in [-0.4, -0.2) is 44.0 Å². The van der Waals surface area contributed by atoms with Crippen molar-refractivity contribution in [2.24, 2.45) is 4.99 Å². The standard InChI is InChI=1S/C12H20N4O2/c1-4-13-12(15-9-11(17)16(2)3)14-8-10-6-5-7-18-10/h5-7H,4,8-9H2,1-3H3,(H2,13,14,15). The van der Waals surface area contributed by atoms with Crippen LogP contribution in [0.25, 0.3) is 0 Å². The van der Waals surface area contributed by atoms with Crippen molar-refractivity contribution in [3.63, 3.8) is 0 Å². The molecule has 1 heterocycles. The van der Waals surface area contributed by atoms with Gasteiger partial charge in [0.15, 0.2) is 5.96 Å². The monoisotopic (exact) mass is 252 g/mol. The number of carbonyl (C=O) groups is 1. The maximum Gasteiger partial charge on any atom is 0.243 e. The molecule has 0 saturated carbocycles. The molecule has 1 amide bonds. The summed E-state index contributed by atoms with van der Waals surface area (Å²) in [5.41, 5.74) is 0. The van der Waals surface area contributed by atoms with Gasteiger partial charge in [-0.2, -0.15) is 0 Å². The predicted octanol–water partition coefficient (Wildman–Crippen LogP) is 0.423. The zero-order valence-electron chi connectivity index (χ0n) is 11.1. The lowest BCUT2D eigenvalue weighted by atomic mass is 10.4. The lowest BCUT2D eigenvalue weighted by molar-refractivity contribution is -0.127. The van der Waals surface area contributed by atoms with Crippen molar-refractivity contribution in [3.05, 3.63) is 24.2 Å². The van der Waals surface area contributed by atoms with E-state index in [1.165, 1.54) is 4.90 Å². The van der Waals surface area contributed by atoms with Gasteiger partial charge in [-0.15, -0.1) is 0 Å². The third-order valence-corrected chi connectivity index (χ3v) is 2.23. The Balaban J connectivity index is 2.48. The molecule has 6 nitrogen and oxygen atoms in total. The van der Waals surface area contributed by atoms with Gasteiger partial charge in [0.25, 0.3) is 0 Å². The summed E-state index contributed by atoms with van der Waals surface area (Å²) < 4.78 is 5.21. The van der Waals surface area contributed by atoms with E-state index < -0.39 is 0 Å². The van der Waals surface area contributed by atoms with Crippen LogP contribution >= 0.6 is 0 Å². The fourth-order valence-electron chi connectivity index (χ4n) is 1.21. The van der Waals surface area contributed by atoms with Crippen molar-refractivity contribution < 1.29 is 9.21 Å². The van der Waals surface area contributed by atoms with E-state index in [2.05, 4.69) is 15.6 Å². The van der Waals surface area contributed by atoms with E-state index in [-0.39, 0.29) is 12.5 Å². The Hall–Kier alpha value is -1.98. The molecular weight excluding hydrogens is 232 g/mol. The van der Waals surface area contributed by atoms with Crippen LogP contribution in [0.15, 0.2) is 27.8 Å². The quantitative estimate of drug-likeness (QED) is 0.589. The molecule has 1 rings (SSSR count). The summed E-state index contributed by atoms with van der Waals surface area (Å²) in [4.78, 5) is 17.1. The highest BCUT2D eigenvalue weighted by Crippen LogP contribution is 1.98. The van der Waals surface area contributed by atoms with E-state index in [4.69, 9.17) is 4.42 Å². The third kappa shape index (κ3) is 4.90. The van der Waals surface area contributed by atoms with Gasteiger partial charge in [0, 0.05) is 20.6 Å². The number of carbonyl (C=O) groups excluding carboxylic acids is 1. The fourth-order valence-corrected chi connectivity index (χ4v) is 1.21. The Morgan fingerprint density at radius 2 is 2.22 bits per heavy atom. The van der Waals surface area contributed by atoms with Crippen LogP contribution in [0.4, 0.5) is 0 Å². The normalized spacial score (nSPS) is 11.2. The predicted molar refractivity (Wildman–Crippen MR) is 70.2 cm³/mol. The van der Waals surface area contributed by atoms with Crippen molar-refractivity contribution in [2.75, 3.05) is 27.2 Å². The number of likely N-dealkylation sites (N-methyl/N-ethyl adjacent to an activating group) is 1. The minimum atomic E-state index is -0.0369. The minimum Gasteiger partial charge on any atom is -0.467 e. The number of furan rings is 1. The fraction of sp³-hybridized carbons (Fsp3) is 0.500. The molecule has 0 bridgehead atoms. The van der Waals surface area contributed by atoms with Crippen molar-refractivity contribution in [3.8, 4) is 0 Å². The zero-order valence-corrected chi connectivity index (χ0v) is 11.1. The van der Waals surface area contributed by atoms with Crippen LogP contribution in [0.5, 0.6) is 0 Å². The highest BCUT2D eigenvalue weighted by Gasteiger charge is 2.04. The molecule has 6 heteroatoms. The third-order valence-electron chi connectivity index (χ3n) is 2.23. The first kappa shape index (κ1) is 14.1. The van der Waals surface area contributed by atoms with Crippen LogP contribution in [0, 0.1) is 0 Å². The lowest BCUT2D eigenvalue weighted by Gasteiger charge is -2.11. The van der Waals surface area contributed by atoms with Gasteiger partial charge in [-0.3, -0.25) is 4.79 Å². The molecule has 1 aromatic heterocycles. The molecule has 0 aliphatic rings. The number of guanidine groups is 1. The largest absolute Gasteiger partial charge is 0.467 e. The molecule has 0 unspecified atom stereocenters. The van der Waals surface area contributed by atoms with Crippen molar-refractivity contribution in [1.29, 1.82) is 0 Å². The first-order valence-corrected chi connectivity index (χ1v) is 5.88. The molecule has 0 atom stereocenters. The number of rotatable bonds is 5. The molecule has 18 heavy (non-hydrogen) atoms. The van der Waals surface area contributed by atoms with E-state index in [0.717, 1.165) is 12.3 Å². The molecule has 1 aromatic rings. The van der Waals surface area contributed by atoms with Crippen LogP contribution in [0.3, 0.4) is 0 Å². The average molecular weight is 252 g/mol. The summed E-state index contributed by atoms with van der Waals surface area (Å²) in [6.07, 6.45) is 1.62. The maximum absolute atomic E-state index is 11.4. The Morgan fingerprint density at radius 1 is 1.44 bits per heavy atom. The average Bonchev–Trinajstić information content (AvgIpc) is 2.85. The molecule has 0 fully saturated rings. The van der Waals surface area contributed by atoms with Crippen molar-refractivity contribution in [2.45, 2.75) is 13.5 Å². The van der Waals surface area contributed by atoms with Crippen LogP contribution < -0.4 is 10.6 Å². The van der Waals surface area contributed by atoms with Gasteiger partial charge in [0.05, 0.1) is 12.8 Å². The number of nitrogens with one attached hydrogen (secondary N) is 2. The Kier molecular flexibility index (Phi) is 5.76. The van der Waals surface area contributed by atoms with Crippen molar-refractivity contribution in [1.82, 2.24) is 15.5 Å². The summed E-state index contributed by atoms with van der Waals surface area (Å²) in [5.74, 6) is 1.38. The van der Waals surface area contributed by atoms with Crippen LogP contribution in [0.1, 0.15) is 12.7 Å². The number of hydrogen-bond acceptors (Lipinski definition) is 3. The van der Waals surface area contributed by atoms with Gasteiger partial charge in [-0.05, 0) is 19.1 Å². The molecule has 0 aliphatic heterocycles. The molecular formula is C12H20N4O2. The minimum absolute atomic E-state index is 0.0369.